The van der Waals surface area contributed by atoms with Crippen LogP contribution in [0.2, 0.25) is 0 Å². The Bertz CT molecular complexity index is 121. The van der Waals surface area contributed by atoms with Crippen molar-refractivity contribution in [3.63, 3.8) is 0 Å². The number of rotatable bonds is 0. The van der Waals surface area contributed by atoms with E-state index in [1.54, 1.807) is 0 Å². The fraction of sp³-hybridized carbons (Fsp3) is 1.00. The Morgan fingerprint density at radius 1 is 0.818 bits per heavy atom. The van der Waals surface area contributed by atoms with Crippen LogP contribution in [-0.4, -0.2) is 17.0 Å². The molecule has 0 radical (unpaired) electrons. The Morgan fingerprint density at radius 2 is 1.00 bits per heavy atom. The summed E-state index contributed by atoms with van der Waals surface area (Å²) < 4.78 is 0. The smallest absolute Gasteiger partial charge is 0.0869 e. The first-order valence-electron chi connectivity index (χ1n) is 4.15. The normalized spacial score (nSPS) is 15.3. The molecule has 0 saturated carbocycles. The highest BCUT2D eigenvalue weighted by Crippen LogP contribution is 2.67. The second kappa shape index (κ2) is 2.71. The highest BCUT2D eigenvalue weighted by Gasteiger charge is 2.50. The van der Waals surface area contributed by atoms with Gasteiger partial charge in [0.1, 0.15) is 0 Å². The van der Waals surface area contributed by atoms with Crippen LogP contribution in [0.25, 0.3) is 0 Å². The third kappa shape index (κ3) is 2.16. The Hall–Kier alpha value is 0.390. The zero-order chi connectivity index (χ0) is 9.50. The zero-order valence-electron chi connectivity index (χ0n) is 9.02. The van der Waals surface area contributed by atoms with Crippen LogP contribution in [-0.2, 0) is 0 Å². The van der Waals surface area contributed by atoms with E-state index in [1.165, 1.54) is 0 Å². The van der Waals surface area contributed by atoms with Gasteiger partial charge in [-0.05, 0) is 41.5 Å². The van der Waals surface area contributed by atoms with Gasteiger partial charge in [-0.15, -0.1) is 0 Å². The minimum absolute atomic E-state index is 0.269. The summed E-state index contributed by atoms with van der Waals surface area (Å²) in [5, 5.41) is 0.538. The maximum Gasteiger partial charge on any atom is 0.0869 e. The van der Waals surface area contributed by atoms with Gasteiger partial charge in [0.05, 0.1) is 24.4 Å². The van der Waals surface area contributed by atoms with Crippen molar-refractivity contribution in [2.24, 2.45) is 5.50 Å². The van der Waals surface area contributed by atoms with Gasteiger partial charge in [0.15, 0.2) is 0 Å². The van der Waals surface area contributed by atoms with Crippen molar-refractivity contribution in [2.75, 3.05) is 6.66 Å². The fourth-order valence-electron chi connectivity index (χ4n) is 1.01. The van der Waals surface area contributed by atoms with E-state index in [0.29, 0.717) is 0 Å². The molecular formula is C9H23NP+. The molecule has 0 aromatic carbocycles. The molecule has 0 aliphatic carbocycles. The van der Waals surface area contributed by atoms with Crippen LogP contribution in [0.15, 0.2) is 0 Å². The van der Waals surface area contributed by atoms with Gasteiger partial charge in [0.25, 0.3) is 0 Å². The molecule has 0 heterocycles. The molecule has 0 saturated heterocycles. The minimum atomic E-state index is -1.31. The van der Waals surface area contributed by atoms with Crippen molar-refractivity contribution in [3.8, 4) is 0 Å². The Morgan fingerprint density at radius 3 is 1.00 bits per heavy atom. The molecule has 68 valence electrons. The van der Waals surface area contributed by atoms with Crippen molar-refractivity contribution in [1.29, 1.82) is 0 Å². The quantitative estimate of drug-likeness (QED) is 0.564. The summed E-state index contributed by atoms with van der Waals surface area (Å²) in [6.45, 7) is 15.7. The third-order valence-electron chi connectivity index (χ3n) is 2.79. The van der Waals surface area contributed by atoms with Crippen molar-refractivity contribution < 1.29 is 0 Å². The Labute approximate surface area is 72.1 Å². The predicted octanol–water partition coefficient (Wildman–Crippen LogP) is 3.10. The van der Waals surface area contributed by atoms with Crippen LogP contribution >= 0.6 is 7.41 Å². The van der Waals surface area contributed by atoms with Crippen LogP contribution in [0.4, 0.5) is 0 Å². The molecule has 1 nitrogen and oxygen atoms in total. The van der Waals surface area contributed by atoms with Gasteiger partial charge in [-0.3, -0.25) is 0 Å². The van der Waals surface area contributed by atoms with Gasteiger partial charge in [-0.2, -0.15) is 0 Å². The van der Waals surface area contributed by atoms with Gasteiger partial charge in [0.2, 0.25) is 0 Å². The molecule has 0 aromatic rings. The summed E-state index contributed by atoms with van der Waals surface area (Å²) in [6, 6.07) is 0. The lowest BCUT2D eigenvalue weighted by atomic mass is 10.2. The second-order valence-electron chi connectivity index (χ2n) is 5.42. The lowest BCUT2D eigenvalue weighted by molar-refractivity contribution is 0.689. The first-order valence-corrected chi connectivity index (χ1v) is 6.46. The molecular weight excluding hydrogens is 153 g/mol. The zero-order valence-corrected chi connectivity index (χ0v) is 9.92. The first-order chi connectivity index (χ1) is 4.50. The van der Waals surface area contributed by atoms with Crippen molar-refractivity contribution >= 4 is 7.41 Å². The molecule has 0 spiro atoms. The highest BCUT2D eigenvalue weighted by molar-refractivity contribution is 7.75. The Balaban J connectivity index is 4.75. The van der Waals surface area contributed by atoms with E-state index >= 15 is 0 Å². The molecule has 2 N–H and O–H groups in total. The number of nitrogens with two attached hydrogens (primary N) is 1. The average Bonchev–Trinajstić information content (AvgIpc) is 1.58. The molecule has 0 unspecified atom stereocenters. The molecule has 0 rings (SSSR count). The van der Waals surface area contributed by atoms with E-state index < -0.39 is 7.41 Å². The van der Waals surface area contributed by atoms with E-state index in [9.17, 15) is 0 Å². The topological polar surface area (TPSA) is 26.0 Å². The van der Waals surface area contributed by atoms with Crippen molar-refractivity contribution in [1.82, 2.24) is 0 Å². The summed E-state index contributed by atoms with van der Waals surface area (Å²) in [6.07, 6.45) is 0. The molecule has 0 aliphatic rings. The summed E-state index contributed by atoms with van der Waals surface area (Å²) in [4.78, 5) is 0. The fourth-order valence-corrected chi connectivity index (χ4v) is 3.02. The predicted molar refractivity (Wildman–Crippen MR) is 56.5 cm³/mol. The van der Waals surface area contributed by atoms with E-state index in [1.807, 2.05) is 0 Å². The second-order valence-corrected chi connectivity index (χ2v) is 10.3. The lowest BCUT2D eigenvalue weighted by Gasteiger charge is -2.40. The molecule has 0 fully saturated rings. The molecule has 2 heteroatoms. The molecule has 11 heavy (non-hydrogen) atoms. The largest absolute Gasteiger partial charge is 0.204 e. The van der Waals surface area contributed by atoms with Gasteiger partial charge >= 0.3 is 0 Å². The van der Waals surface area contributed by atoms with E-state index in [2.05, 4.69) is 48.2 Å². The number of hydrogen-bond donors (Lipinski definition) is 1. The summed E-state index contributed by atoms with van der Waals surface area (Å²) in [7, 11) is -1.31. The summed E-state index contributed by atoms with van der Waals surface area (Å²) >= 11 is 0. The van der Waals surface area contributed by atoms with Gasteiger partial charge in [-0.25, -0.2) is 5.50 Å². The molecule has 0 atom stereocenters. The maximum absolute atomic E-state index is 6.38. The third-order valence-corrected chi connectivity index (χ3v) is 8.36. The highest BCUT2D eigenvalue weighted by atomic mass is 31.2. The van der Waals surface area contributed by atoms with Crippen molar-refractivity contribution in [3.05, 3.63) is 0 Å². The average molecular weight is 176 g/mol. The van der Waals surface area contributed by atoms with Gasteiger partial charge in [-0.1, -0.05) is 0 Å². The van der Waals surface area contributed by atoms with Gasteiger partial charge in [0, 0.05) is 0 Å². The van der Waals surface area contributed by atoms with Crippen LogP contribution in [0.1, 0.15) is 41.5 Å². The standard InChI is InChI=1S/C9H23NP/c1-8(2,3)11(7,10)9(4,5)6/h10H2,1-7H3/q+1. The van der Waals surface area contributed by atoms with Crippen LogP contribution in [0.5, 0.6) is 0 Å². The van der Waals surface area contributed by atoms with Crippen LogP contribution in [0, 0.1) is 0 Å². The van der Waals surface area contributed by atoms with Crippen molar-refractivity contribution in [2.45, 2.75) is 51.9 Å². The molecule has 0 aliphatic heterocycles. The Kier molecular flexibility index (Phi) is 2.80. The van der Waals surface area contributed by atoms with E-state index in [4.69, 9.17) is 5.50 Å². The monoisotopic (exact) mass is 176 g/mol. The molecule has 0 amide bonds. The van der Waals surface area contributed by atoms with Crippen LogP contribution < -0.4 is 5.50 Å². The first kappa shape index (κ1) is 11.4. The molecule has 0 bridgehead atoms. The SMILES string of the molecule is CC(C)(C)[P+](C)(N)C(C)(C)C. The lowest BCUT2D eigenvalue weighted by Crippen LogP contribution is -2.37. The number of hydrogen-bond acceptors (Lipinski definition) is 1. The van der Waals surface area contributed by atoms with Gasteiger partial charge < -0.3 is 0 Å². The van der Waals surface area contributed by atoms with E-state index in [0.717, 1.165) is 0 Å². The summed E-state index contributed by atoms with van der Waals surface area (Å²) in [5.74, 6) is 0. The molecule has 0 aromatic heterocycles. The van der Waals surface area contributed by atoms with E-state index in [-0.39, 0.29) is 10.3 Å². The summed E-state index contributed by atoms with van der Waals surface area (Å²) in [5.41, 5.74) is 6.38. The van der Waals surface area contributed by atoms with Crippen LogP contribution in [0.3, 0.4) is 0 Å². The minimum Gasteiger partial charge on any atom is -0.204 e. The maximum atomic E-state index is 6.38.